The monoisotopic (exact) mass is 528 g/mol. The molecular weight excluding hydrogens is 496 g/mol. The number of carbonyl (C=O) groups is 2. The molecule has 0 spiro atoms. The molecule has 1 amide bonds. The van der Waals surface area contributed by atoms with Gasteiger partial charge in [-0.1, -0.05) is 45.9 Å². The number of sulfonamides is 1. The van der Waals surface area contributed by atoms with E-state index < -0.39 is 16.0 Å². The van der Waals surface area contributed by atoms with Crippen LogP contribution in [0.1, 0.15) is 50.2 Å². The van der Waals surface area contributed by atoms with Crippen LogP contribution in [0.2, 0.25) is 0 Å². The van der Waals surface area contributed by atoms with Crippen molar-refractivity contribution in [2.45, 2.75) is 45.9 Å². The Balaban J connectivity index is 2.18. The quantitative estimate of drug-likeness (QED) is 0.369. The number of carbonyl (C=O) groups excluding carboxylic acids is 1. The largest absolute Gasteiger partial charge is 0.476 e. The molecule has 0 unspecified atom stereocenters. The third kappa shape index (κ3) is 5.83. The summed E-state index contributed by atoms with van der Waals surface area (Å²) in [7, 11) is -4.02. The molecule has 1 heterocycles. The van der Waals surface area contributed by atoms with Crippen LogP contribution in [-0.2, 0) is 14.8 Å². The summed E-state index contributed by atoms with van der Waals surface area (Å²) in [5, 5.41) is 16.6. The second-order valence-corrected chi connectivity index (χ2v) is 10.4. The number of amides is 1. The van der Waals surface area contributed by atoms with E-state index in [4.69, 9.17) is 4.74 Å². The maximum atomic E-state index is 13.6. The number of nitrogens with zero attached hydrogens (tertiary/aromatic N) is 3. The molecule has 0 aliphatic heterocycles. The second-order valence-electron chi connectivity index (χ2n) is 8.48. The van der Waals surface area contributed by atoms with Gasteiger partial charge in [0.25, 0.3) is 0 Å². The Labute approximate surface area is 216 Å². The lowest BCUT2D eigenvalue weighted by Gasteiger charge is -2.21. The van der Waals surface area contributed by atoms with Crippen LogP contribution in [0.15, 0.2) is 53.4 Å². The van der Waals surface area contributed by atoms with Crippen LogP contribution in [0.25, 0.3) is 5.69 Å². The molecule has 11 heteroatoms. The highest BCUT2D eigenvalue weighted by Gasteiger charge is 2.29. The van der Waals surface area contributed by atoms with E-state index in [0.717, 1.165) is 0 Å². The summed E-state index contributed by atoms with van der Waals surface area (Å²) in [6.07, 6.45) is 0.631. The van der Waals surface area contributed by atoms with Gasteiger partial charge in [0, 0.05) is 30.3 Å². The molecule has 0 saturated heterocycles. The molecule has 1 atom stereocenters. The van der Waals surface area contributed by atoms with Gasteiger partial charge in [-0.05, 0) is 43.7 Å². The maximum Gasteiger partial charge on any atom is 0.356 e. The maximum absolute atomic E-state index is 13.6. The molecule has 0 aliphatic carbocycles. The Kier molecular flexibility index (Phi) is 8.72. The molecule has 0 saturated carbocycles. The van der Waals surface area contributed by atoms with Crippen molar-refractivity contribution in [3.05, 3.63) is 59.8 Å². The first-order chi connectivity index (χ1) is 17.5. The molecule has 37 heavy (non-hydrogen) atoms. The summed E-state index contributed by atoms with van der Waals surface area (Å²) in [4.78, 5) is 24.1. The summed E-state index contributed by atoms with van der Waals surface area (Å²) in [6.45, 7) is 9.13. The fourth-order valence-corrected chi connectivity index (χ4v) is 5.27. The van der Waals surface area contributed by atoms with E-state index in [-0.39, 0.29) is 52.7 Å². The highest BCUT2D eigenvalue weighted by molar-refractivity contribution is 7.89. The Hall–Kier alpha value is -3.70. The minimum Gasteiger partial charge on any atom is -0.476 e. The second kappa shape index (κ2) is 11.6. The average molecular weight is 529 g/mol. The van der Waals surface area contributed by atoms with E-state index in [9.17, 15) is 23.1 Å². The fraction of sp³-hybridized carbons (Fsp3) is 0.346. The zero-order valence-corrected chi connectivity index (χ0v) is 22.4. The number of para-hydroxylation sites is 1. The molecule has 3 aromatic rings. The summed E-state index contributed by atoms with van der Waals surface area (Å²) in [5.74, 6) is -1.68. The smallest absolute Gasteiger partial charge is 0.356 e. The normalized spacial score (nSPS) is 12.4. The molecule has 1 aromatic heterocycles. The SMILES string of the molecule is CC[C@H](C)C(=O)Nc1ccc(Oc2c(C)c(C(=O)O)nn2-c2ccccc2)c(S(=O)(=O)N(CC)CC)c1. The minimum atomic E-state index is -4.02. The number of rotatable bonds is 11. The van der Waals surface area contributed by atoms with Gasteiger partial charge < -0.3 is 15.2 Å². The number of carboxylic acids is 1. The topological polar surface area (TPSA) is 131 Å². The van der Waals surface area contributed by atoms with E-state index >= 15 is 0 Å². The zero-order valence-electron chi connectivity index (χ0n) is 21.6. The number of anilines is 1. The molecule has 198 valence electrons. The van der Waals surface area contributed by atoms with Crippen molar-refractivity contribution in [2.24, 2.45) is 5.92 Å². The van der Waals surface area contributed by atoms with E-state index in [1.165, 1.54) is 21.1 Å². The number of nitrogens with one attached hydrogen (secondary N) is 1. The van der Waals surface area contributed by atoms with Crippen LogP contribution in [0.5, 0.6) is 11.6 Å². The van der Waals surface area contributed by atoms with E-state index in [1.54, 1.807) is 64.1 Å². The highest BCUT2D eigenvalue weighted by Crippen LogP contribution is 2.36. The van der Waals surface area contributed by atoms with E-state index in [1.807, 2.05) is 6.92 Å². The molecule has 0 aliphatic rings. The van der Waals surface area contributed by atoms with Gasteiger partial charge in [-0.2, -0.15) is 14.1 Å². The average Bonchev–Trinajstić information content (AvgIpc) is 3.21. The van der Waals surface area contributed by atoms with Crippen molar-refractivity contribution < 1.29 is 27.9 Å². The van der Waals surface area contributed by atoms with Crippen molar-refractivity contribution in [3.63, 3.8) is 0 Å². The number of ether oxygens (including phenoxy) is 1. The van der Waals surface area contributed by atoms with Crippen LogP contribution in [-0.4, -0.2) is 52.6 Å². The number of benzene rings is 2. The van der Waals surface area contributed by atoms with E-state index in [2.05, 4.69) is 10.4 Å². The predicted octanol–water partition coefficient (Wildman–Crippen LogP) is 4.69. The molecule has 2 aromatic carbocycles. The van der Waals surface area contributed by atoms with Crippen molar-refractivity contribution in [1.29, 1.82) is 0 Å². The number of hydrogen-bond donors (Lipinski definition) is 2. The Morgan fingerprint density at radius 2 is 1.76 bits per heavy atom. The fourth-order valence-electron chi connectivity index (χ4n) is 3.68. The summed E-state index contributed by atoms with van der Waals surface area (Å²) in [5.41, 5.74) is 0.864. The van der Waals surface area contributed by atoms with Crippen molar-refractivity contribution in [2.75, 3.05) is 18.4 Å². The van der Waals surface area contributed by atoms with Gasteiger partial charge in [0.1, 0.15) is 10.6 Å². The Morgan fingerprint density at radius 1 is 1.11 bits per heavy atom. The van der Waals surface area contributed by atoms with Crippen molar-refractivity contribution in [3.8, 4) is 17.3 Å². The number of carboxylic acid groups (broad SMARTS) is 1. The first-order valence-corrected chi connectivity index (χ1v) is 13.5. The number of aromatic carboxylic acids is 1. The van der Waals surface area contributed by atoms with Crippen molar-refractivity contribution >= 4 is 27.6 Å². The van der Waals surface area contributed by atoms with Gasteiger partial charge in [0.15, 0.2) is 5.69 Å². The van der Waals surface area contributed by atoms with Crippen LogP contribution in [0.3, 0.4) is 0 Å². The lowest BCUT2D eigenvalue weighted by atomic mass is 10.1. The third-order valence-corrected chi connectivity index (χ3v) is 8.14. The molecule has 0 radical (unpaired) electrons. The van der Waals surface area contributed by atoms with Gasteiger partial charge in [-0.15, -0.1) is 0 Å². The number of hydrogen-bond acceptors (Lipinski definition) is 6. The summed E-state index contributed by atoms with van der Waals surface area (Å²) >= 11 is 0. The van der Waals surface area contributed by atoms with Gasteiger partial charge >= 0.3 is 5.97 Å². The summed E-state index contributed by atoms with van der Waals surface area (Å²) in [6, 6.07) is 13.2. The van der Waals surface area contributed by atoms with Crippen LogP contribution in [0, 0.1) is 12.8 Å². The summed E-state index contributed by atoms with van der Waals surface area (Å²) < 4.78 is 35.9. The van der Waals surface area contributed by atoms with Crippen LogP contribution < -0.4 is 10.1 Å². The van der Waals surface area contributed by atoms with E-state index in [0.29, 0.717) is 17.8 Å². The molecule has 0 fully saturated rings. The zero-order chi connectivity index (χ0) is 27.3. The number of aromatic nitrogens is 2. The van der Waals surface area contributed by atoms with Gasteiger partial charge in [-0.25, -0.2) is 13.2 Å². The lowest BCUT2D eigenvalue weighted by molar-refractivity contribution is -0.119. The Morgan fingerprint density at radius 3 is 2.32 bits per heavy atom. The van der Waals surface area contributed by atoms with Gasteiger partial charge in [0.2, 0.25) is 21.8 Å². The predicted molar refractivity (Wildman–Crippen MR) is 140 cm³/mol. The van der Waals surface area contributed by atoms with Gasteiger partial charge in [0.05, 0.1) is 5.69 Å². The highest BCUT2D eigenvalue weighted by atomic mass is 32.2. The minimum absolute atomic E-state index is 0.0226. The first kappa shape index (κ1) is 27.9. The lowest BCUT2D eigenvalue weighted by Crippen LogP contribution is -2.31. The molecular formula is C26H32N4O6S. The molecule has 2 N–H and O–H groups in total. The molecule has 0 bridgehead atoms. The van der Waals surface area contributed by atoms with Crippen LogP contribution in [0.4, 0.5) is 5.69 Å². The third-order valence-electron chi connectivity index (χ3n) is 6.07. The molecule has 3 rings (SSSR count). The standard InChI is InChI=1S/C26H32N4O6S/c1-6-17(4)24(31)27-19-14-15-21(22(16-19)37(34,35)29(7-2)8-3)36-25-18(5)23(26(32)33)28-30(25)20-12-10-9-11-13-20/h9-17H,6-8H2,1-5H3,(H,27,31)(H,32,33)/t17-/m0/s1. The van der Waals surface area contributed by atoms with Crippen molar-refractivity contribution in [1.82, 2.24) is 14.1 Å². The van der Waals surface area contributed by atoms with Crippen LogP contribution >= 0.6 is 0 Å². The first-order valence-electron chi connectivity index (χ1n) is 12.1. The Bertz CT molecular complexity index is 1380. The molecule has 10 nitrogen and oxygen atoms in total. The van der Waals surface area contributed by atoms with Gasteiger partial charge in [-0.3, -0.25) is 4.79 Å².